The monoisotopic (exact) mass is 267 g/mol. The van der Waals surface area contributed by atoms with Gasteiger partial charge < -0.3 is 11.1 Å². The minimum absolute atomic E-state index is 0.0973. The maximum atomic E-state index is 13.0. The number of nitrogen functional groups attached to an aromatic ring is 1. The lowest BCUT2D eigenvalue weighted by Gasteiger charge is -2.06. The number of nitrogens with one attached hydrogen (secondary N) is 1. The molecule has 2 aromatic rings. The molecule has 0 radical (unpaired) electrons. The van der Waals surface area contributed by atoms with Crippen molar-refractivity contribution in [3.63, 3.8) is 0 Å². The highest BCUT2D eigenvalue weighted by molar-refractivity contribution is 5.72. The summed E-state index contributed by atoms with van der Waals surface area (Å²) in [5.74, 6) is -2.65. The minimum Gasteiger partial charge on any atom is -0.378 e. The molecule has 0 aliphatic rings. The van der Waals surface area contributed by atoms with Crippen LogP contribution in [-0.4, -0.2) is 14.9 Å². The van der Waals surface area contributed by atoms with Gasteiger partial charge in [-0.25, -0.2) is 18.7 Å². The normalized spacial score (nSPS) is 10.2. The first kappa shape index (κ1) is 12.6. The van der Waals surface area contributed by atoms with Gasteiger partial charge in [0.15, 0.2) is 11.6 Å². The van der Waals surface area contributed by atoms with Crippen LogP contribution < -0.4 is 11.1 Å². The zero-order valence-electron chi connectivity index (χ0n) is 9.30. The van der Waals surface area contributed by atoms with E-state index in [0.717, 1.165) is 18.5 Å². The molecule has 1 aromatic carbocycles. The highest BCUT2D eigenvalue weighted by Crippen LogP contribution is 2.29. The molecule has 1 aromatic heterocycles. The fourth-order valence-corrected chi connectivity index (χ4v) is 1.37. The van der Waals surface area contributed by atoms with Crippen LogP contribution >= 0.6 is 0 Å². The molecule has 0 unspecified atom stereocenters. The smallest absolute Gasteiger partial charge is 0.353 e. The fourth-order valence-electron chi connectivity index (χ4n) is 1.37. The van der Waals surface area contributed by atoms with Crippen LogP contribution in [0.2, 0.25) is 0 Å². The number of rotatable bonds is 3. The third-order valence-corrected chi connectivity index (χ3v) is 2.22. The van der Waals surface area contributed by atoms with E-state index in [1.807, 2.05) is 0 Å². The van der Waals surface area contributed by atoms with Crippen LogP contribution in [0.4, 0.5) is 31.8 Å². The van der Waals surface area contributed by atoms with Crippen molar-refractivity contribution in [3.05, 3.63) is 46.3 Å². The lowest BCUT2D eigenvalue weighted by molar-refractivity contribution is -0.383. The third kappa shape index (κ3) is 2.54. The van der Waals surface area contributed by atoms with Gasteiger partial charge in [0.1, 0.15) is 6.33 Å². The molecule has 3 N–H and O–H groups in total. The topological polar surface area (TPSA) is 107 Å². The third-order valence-electron chi connectivity index (χ3n) is 2.22. The summed E-state index contributed by atoms with van der Waals surface area (Å²) in [6.07, 6.45) is 1.02. The standard InChI is InChI=1S/C10H7F2N5O2/c11-6-2-1-5(3-7(6)12)16-10-8(17(18)19)9(13)14-4-15-10/h1-4H,(H3,13,14,15,16). The fraction of sp³-hybridized carbons (Fsp3) is 0. The first-order valence-corrected chi connectivity index (χ1v) is 4.96. The molecular formula is C10H7F2N5O2. The predicted molar refractivity (Wildman–Crippen MR) is 62.7 cm³/mol. The Labute approximate surface area is 105 Å². The number of benzene rings is 1. The summed E-state index contributed by atoms with van der Waals surface area (Å²) in [4.78, 5) is 17.2. The zero-order valence-corrected chi connectivity index (χ0v) is 9.30. The molecule has 19 heavy (non-hydrogen) atoms. The first-order valence-electron chi connectivity index (χ1n) is 4.96. The number of hydrogen-bond donors (Lipinski definition) is 2. The van der Waals surface area contributed by atoms with Gasteiger partial charge in [-0.15, -0.1) is 0 Å². The van der Waals surface area contributed by atoms with E-state index in [1.165, 1.54) is 6.07 Å². The number of hydrogen-bond acceptors (Lipinski definition) is 6. The molecule has 0 aliphatic heterocycles. The van der Waals surface area contributed by atoms with E-state index in [1.54, 1.807) is 0 Å². The van der Waals surface area contributed by atoms with Crippen LogP contribution in [0.15, 0.2) is 24.5 Å². The van der Waals surface area contributed by atoms with Crippen molar-refractivity contribution >= 4 is 23.0 Å². The summed E-state index contributed by atoms with van der Waals surface area (Å²) in [6, 6.07) is 2.94. The summed E-state index contributed by atoms with van der Waals surface area (Å²) >= 11 is 0. The lowest BCUT2D eigenvalue weighted by Crippen LogP contribution is -2.05. The van der Waals surface area contributed by atoms with Gasteiger partial charge in [0.2, 0.25) is 11.6 Å². The van der Waals surface area contributed by atoms with Crippen LogP contribution in [0, 0.1) is 21.7 Å². The Morgan fingerprint density at radius 3 is 2.63 bits per heavy atom. The summed E-state index contributed by atoms with van der Waals surface area (Å²) in [6.45, 7) is 0. The highest BCUT2D eigenvalue weighted by Gasteiger charge is 2.21. The SMILES string of the molecule is Nc1ncnc(Nc2ccc(F)c(F)c2)c1[N+](=O)[O-]. The predicted octanol–water partition coefficient (Wildman–Crippen LogP) is 1.99. The van der Waals surface area contributed by atoms with E-state index in [2.05, 4.69) is 15.3 Å². The van der Waals surface area contributed by atoms with E-state index in [-0.39, 0.29) is 17.3 Å². The van der Waals surface area contributed by atoms with Crippen LogP contribution in [-0.2, 0) is 0 Å². The number of nitrogens with two attached hydrogens (primary N) is 1. The van der Waals surface area contributed by atoms with Gasteiger partial charge in [0.05, 0.1) is 4.92 Å². The molecule has 0 amide bonds. The van der Waals surface area contributed by atoms with Gasteiger partial charge in [-0.2, -0.15) is 0 Å². The molecule has 0 atom stereocenters. The van der Waals surface area contributed by atoms with Gasteiger partial charge in [0.25, 0.3) is 0 Å². The van der Waals surface area contributed by atoms with Crippen molar-refractivity contribution in [3.8, 4) is 0 Å². The van der Waals surface area contributed by atoms with Crippen molar-refractivity contribution < 1.29 is 13.7 Å². The molecule has 0 aliphatic carbocycles. The maximum Gasteiger partial charge on any atom is 0.353 e. The number of nitro groups is 1. The minimum atomic E-state index is -1.09. The van der Waals surface area contributed by atoms with Gasteiger partial charge in [-0.05, 0) is 12.1 Å². The molecule has 7 nitrogen and oxygen atoms in total. The van der Waals surface area contributed by atoms with Gasteiger partial charge in [-0.3, -0.25) is 10.1 Å². The van der Waals surface area contributed by atoms with Gasteiger partial charge >= 0.3 is 5.69 Å². The molecule has 98 valence electrons. The second-order valence-corrected chi connectivity index (χ2v) is 3.47. The Hall–Kier alpha value is -2.84. The van der Waals surface area contributed by atoms with Gasteiger partial charge in [-0.1, -0.05) is 0 Å². The Balaban J connectivity index is 2.40. The molecule has 9 heteroatoms. The molecule has 0 spiro atoms. The van der Waals surface area contributed by atoms with Crippen molar-refractivity contribution in [2.75, 3.05) is 11.1 Å². The van der Waals surface area contributed by atoms with E-state index < -0.39 is 22.2 Å². The summed E-state index contributed by atoms with van der Waals surface area (Å²) in [5, 5.41) is 13.3. The van der Waals surface area contributed by atoms with Crippen molar-refractivity contribution in [2.45, 2.75) is 0 Å². The zero-order chi connectivity index (χ0) is 14.0. The summed E-state index contributed by atoms with van der Waals surface area (Å²) in [5.41, 5.74) is 4.93. The average molecular weight is 267 g/mol. The molecule has 0 fully saturated rings. The second-order valence-electron chi connectivity index (χ2n) is 3.47. The van der Waals surface area contributed by atoms with Crippen LogP contribution in [0.5, 0.6) is 0 Å². The van der Waals surface area contributed by atoms with Crippen LogP contribution in [0.25, 0.3) is 0 Å². The molecule has 0 bridgehead atoms. The number of halogens is 2. The average Bonchev–Trinajstić information content (AvgIpc) is 2.33. The summed E-state index contributed by atoms with van der Waals surface area (Å²) < 4.78 is 25.8. The van der Waals surface area contributed by atoms with E-state index in [0.29, 0.717) is 0 Å². The van der Waals surface area contributed by atoms with Gasteiger partial charge in [0, 0.05) is 11.8 Å². The number of nitrogens with zero attached hydrogens (tertiary/aromatic N) is 3. The van der Waals surface area contributed by atoms with Crippen molar-refractivity contribution in [2.24, 2.45) is 0 Å². The Morgan fingerprint density at radius 2 is 2.00 bits per heavy atom. The van der Waals surface area contributed by atoms with Crippen LogP contribution in [0.3, 0.4) is 0 Å². The number of anilines is 3. The quantitative estimate of drug-likeness (QED) is 0.650. The molecule has 2 rings (SSSR count). The Morgan fingerprint density at radius 1 is 1.26 bits per heavy atom. The van der Waals surface area contributed by atoms with E-state index >= 15 is 0 Å². The second kappa shape index (κ2) is 4.80. The van der Waals surface area contributed by atoms with E-state index in [4.69, 9.17) is 5.73 Å². The Kier molecular flexibility index (Phi) is 3.19. The van der Waals surface area contributed by atoms with Crippen molar-refractivity contribution in [1.82, 2.24) is 9.97 Å². The number of aromatic nitrogens is 2. The summed E-state index contributed by atoms with van der Waals surface area (Å²) in [7, 11) is 0. The molecule has 1 heterocycles. The Bertz CT molecular complexity index is 650. The van der Waals surface area contributed by atoms with Crippen molar-refractivity contribution in [1.29, 1.82) is 0 Å². The maximum absolute atomic E-state index is 13.0. The van der Waals surface area contributed by atoms with Crippen LogP contribution in [0.1, 0.15) is 0 Å². The molecular weight excluding hydrogens is 260 g/mol. The molecule has 0 saturated heterocycles. The lowest BCUT2D eigenvalue weighted by atomic mass is 10.3. The largest absolute Gasteiger partial charge is 0.378 e. The highest BCUT2D eigenvalue weighted by atomic mass is 19.2. The molecule has 0 saturated carbocycles. The first-order chi connectivity index (χ1) is 8.99. The van der Waals surface area contributed by atoms with E-state index in [9.17, 15) is 18.9 Å².